The van der Waals surface area contributed by atoms with Crippen molar-refractivity contribution >= 4 is 11.9 Å². The number of hydrogen-bond donors (Lipinski definition) is 1. The van der Waals surface area contributed by atoms with E-state index >= 15 is 0 Å². The predicted molar refractivity (Wildman–Crippen MR) is 182 cm³/mol. The molecule has 0 radical (unpaired) electrons. The molecule has 0 saturated carbocycles. The molecule has 0 aliphatic heterocycles. The molecule has 0 bridgehead atoms. The molecule has 0 aromatic carbocycles. The van der Waals surface area contributed by atoms with Gasteiger partial charge >= 0.3 is 11.9 Å². The van der Waals surface area contributed by atoms with Crippen molar-refractivity contribution in [2.75, 3.05) is 13.2 Å². The first kappa shape index (κ1) is 41.9. The Bertz CT molecular complexity index is 603. The van der Waals surface area contributed by atoms with Gasteiger partial charge in [0.25, 0.3) is 0 Å². The summed E-state index contributed by atoms with van der Waals surface area (Å²) in [5, 5.41) is 9.97. The third-order valence-corrected chi connectivity index (χ3v) is 8.45. The number of unbranched alkanes of at least 4 members (excludes halogenated alkanes) is 21. The highest BCUT2D eigenvalue weighted by atomic mass is 16.6. The zero-order valence-corrected chi connectivity index (χ0v) is 29.3. The standard InChI is InChI=1S/C38H74O5/c1-34(2)28-24-20-16-13-11-9-7-5-6-8-10-12-14-18-22-26-30-37(40)42-32-36(39)33-43-38(41)31-27-23-19-15-17-21-25-29-35(3)4/h34-36,39H,5-33H2,1-4H3/t36-/m0/s1. The van der Waals surface area contributed by atoms with Crippen molar-refractivity contribution in [3.8, 4) is 0 Å². The second-order valence-electron chi connectivity index (χ2n) is 14.0. The summed E-state index contributed by atoms with van der Waals surface area (Å²) in [6, 6.07) is 0. The summed E-state index contributed by atoms with van der Waals surface area (Å²) in [4.78, 5) is 23.8. The molecular formula is C38H74O5. The lowest BCUT2D eigenvalue weighted by molar-refractivity contribution is -0.152. The van der Waals surface area contributed by atoms with Gasteiger partial charge in [0, 0.05) is 12.8 Å². The second-order valence-corrected chi connectivity index (χ2v) is 14.0. The number of esters is 2. The topological polar surface area (TPSA) is 72.8 Å². The van der Waals surface area contributed by atoms with E-state index in [-0.39, 0.29) is 25.2 Å². The zero-order valence-electron chi connectivity index (χ0n) is 29.3. The second kappa shape index (κ2) is 32.3. The minimum Gasteiger partial charge on any atom is -0.463 e. The largest absolute Gasteiger partial charge is 0.463 e. The van der Waals surface area contributed by atoms with Gasteiger partial charge in [-0.15, -0.1) is 0 Å². The van der Waals surface area contributed by atoms with E-state index in [4.69, 9.17) is 9.47 Å². The molecule has 0 unspecified atom stereocenters. The van der Waals surface area contributed by atoms with E-state index < -0.39 is 6.10 Å². The van der Waals surface area contributed by atoms with Crippen molar-refractivity contribution < 1.29 is 24.2 Å². The Labute approximate surface area is 268 Å². The highest BCUT2D eigenvalue weighted by molar-refractivity contribution is 5.69. The molecule has 0 aliphatic carbocycles. The number of aliphatic hydroxyl groups is 1. The molecule has 0 aromatic heterocycles. The van der Waals surface area contributed by atoms with Crippen LogP contribution in [0.25, 0.3) is 0 Å². The number of rotatable bonds is 33. The quantitative estimate of drug-likeness (QED) is 0.0591. The van der Waals surface area contributed by atoms with Crippen LogP contribution < -0.4 is 0 Å². The molecular weight excluding hydrogens is 536 g/mol. The van der Waals surface area contributed by atoms with E-state index in [0.717, 1.165) is 43.9 Å². The van der Waals surface area contributed by atoms with E-state index in [2.05, 4.69) is 27.7 Å². The molecule has 5 heteroatoms. The highest BCUT2D eigenvalue weighted by Crippen LogP contribution is 2.16. The fourth-order valence-electron chi connectivity index (χ4n) is 5.57. The zero-order chi connectivity index (χ0) is 31.8. The van der Waals surface area contributed by atoms with Gasteiger partial charge in [-0.2, -0.15) is 0 Å². The van der Waals surface area contributed by atoms with Crippen LogP contribution in [0.1, 0.15) is 201 Å². The molecule has 0 spiro atoms. The van der Waals surface area contributed by atoms with Crippen LogP contribution in [0, 0.1) is 11.8 Å². The average molecular weight is 611 g/mol. The summed E-state index contributed by atoms with van der Waals surface area (Å²) in [5.74, 6) is 1.10. The van der Waals surface area contributed by atoms with Gasteiger partial charge in [0.05, 0.1) is 0 Å². The van der Waals surface area contributed by atoms with E-state index in [9.17, 15) is 14.7 Å². The molecule has 0 heterocycles. The Balaban J connectivity index is 3.37. The van der Waals surface area contributed by atoms with Crippen molar-refractivity contribution in [3.05, 3.63) is 0 Å². The van der Waals surface area contributed by atoms with Crippen LogP contribution in [0.15, 0.2) is 0 Å². The molecule has 0 fully saturated rings. The van der Waals surface area contributed by atoms with Gasteiger partial charge in [0.1, 0.15) is 19.3 Å². The predicted octanol–water partition coefficient (Wildman–Crippen LogP) is 11.3. The van der Waals surface area contributed by atoms with Crippen molar-refractivity contribution in [1.82, 2.24) is 0 Å². The molecule has 0 aliphatic rings. The minimum atomic E-state index is -0.955. The van der Waals surface area contributed by atoms with Gasteiger partial charge < -0.3 is 14.6 Å². The third kappa shape index (κ3) is 35.3. The Morgan fingerprint density at radius 3 is 0.907 bits per heavy atom. The van der Waals surface area contributed by atoms with Crippen molar-refractivity contribution in [2.24, 2.45) is 11.8 Å². The van der Waals surface area contributed by atoms with E-state index in [1.807, 2.05) is 0 Å². The van der Waals surface area contributed by atoms with Crippen molar-refractivity contribution in [1.29, 1.82) is 0 Å². The van der Waals surface area contributed by atoms with Crippen LogP contribution >= 0.6 is 0 Å². The van der Waals surface area contributed by atoms with Crippen molar-refractivity contribution in [3.63, 3.8) is 0 Å². The smallest absolute Gasteiger partial charge is 0.305 e. The average Bonchev–Trinajstić information content (AvgIpc) is 2.97. The Morgan fingerprint density at radius 1 is 0.419 bits per heavy atom. The van der Waals surface area contributed by atoms with E-state index in [0.29, 0.717) is 12.8 Å². The lowest BCUT2D eigenvalue weighted by Crippen LogP contribution is -2.25. The molecule has 0 saturated heterocycles. The lowest BCUT2D eigenvalue weighted by atomic mass is 10.0. The summed E-state index contributed by atoms with van der Waals surface area (Å²) < 4.78 is 10.3. The summed E-state index contributed by atoms with van der Waals surface area (Å²) >= 11 is 0. The van der Waals surface area contributed by atoms with Crippen molar-refractivity contribution in [2.45, 2.75) is 207 Å². The first-order chi connectivity index (χ1) is 20.8. The fourth-order valence-corrected chi connectivity index (χ4v) is 5.57. The Morgan fingerprint density at radius 2 is 0.651 bits per heavy atom. The summed E-state index contributed by atoms with van der Waals surface area (Å²) in [6.07, 6.45) is 31.7. The maximum atomic E-state index is 11.9. The molecule has 1 N–H and O–H groups in total. The minimum absolute atomic E-state index is 0.110. The Kier molecular flexibility index (Phi) is 31.5. The van der Waals surface area contributed by atoms with E-state index in [1.165, 1.54) is 128 Å². The molecule has 0 amide bonds. The highest BCUT2D eigenvalue weighted by Gasteiger charge is 2.12. The van der Waals surface area contributed by atoms with Crippen LogP contribution in [-0.2, 0) is 19.1 Å². The molecule has 0 rings (SSSR count). The normalized spacial score (nSPS) is 12.3. The fraction of sp³-hybridized carbons (Fsp3) is 0.947. The summed E-state index contributed by atoms with van der Waals surface area (Å²) in [6.45, 7) is 8.96. The number of hydrogen-bond acceptors (Lipinski definition) is 5. The van der Waals surface area contributed by atoms with Crippen LogP contribution in [0.3, 0.4) is 0 Å². The maximum absolute atomic E-state index is 11.9. The Hall–Kier alpha value is -1.10. The monoisotopic (exact) mass is 611 g/mol. The first-order valence-electron chi connectivity index (χ1n) is 18.8. The first-order valence-corrected chi connectivity index (χ1v) is 18.8. The van der Waals surface area contributed by atoms with Gasteiger partial charge in [-0.3, -0.25) is 9.59 Å². The van der Waals surface area contributed by atoms with Gasteiger partial charge in [0.2, 0.25) is 0 Å². The molecule has 43 heavy (non-hydrogen) atoms. The lowest BCUT2D eigenvalue weighted by Gasteiger charge is -2.12. The molecule has 5 nitrogen and oxygen atoms in total. The van der Waals surface area contributed by atoms with Gasteiger partial charge in [-0.05, 0) is 24.7 Å². The number of carbonyl (C=O) groups is 2. The number of carbonyl (C=O) groups excluding carboxylic acids is 2. The summed E-state index contributed by atoms with van der Waals surface area (Å²) in [5.41, 5.74) is 0. The maximum Gasteiger partial charge on any atom is 0.305 e. The molecule has 0 aromatic rings. The number of ether oxygens (including phenoxy) is 2. The molecule has 256 valence electrons. The van der Waals surface area contributed by atoms with Crippen LogP contribution in [0.2, 0.25) is 0 Å². The van der Waals surface area contributed by atoms with Gasteiger partial charge in [-0.25, -0.2) is 0 Å². The SMILES string of the molecule is CC(C)CCCCCCCCCCCCCCCCCCC(=O)OC[C@H](O)COC(=O)CCCCCCCCCC(C)C. The van der Waals surface area contributed by atoms with Gasteiger partial charge in [0.15, 0.2) is 0 Å². The third-order valence-electron chi connectivity index (χ3n) is 8.45. The van der Waals surface area contributed by atoms with Crippen LogP contribution in [-0.4, -0.2) is 36.4 Å². The molecule has 1 atom stereocenters. The van der Waals surface area contributed by atoms with E-state index in [1.54, 1.807) is 0 Å². The van der Waals surface area contributed by atoms with Crippen LogP contribution in [0.5, 0.6) is 0 Å². The van der Waals surface area contributed by atoms with Gasteiger partial charge in [-0.1, -0.05) is 175 Å². The van der Waals surface area contributed by atoms with Crippen LogP contribution in [0.4, 0.5) is 0 Å². The summed E-state index contributed by atoms with van der Waals surface area (Å²) in [7, 11) is 0. The number of aliphatic hydroxyl groups excluding tert-OH is 1.